The van der Waals surface area contributed by atoms with Crippen molar-refractivity contribution in [2.45, 2.75) is 51.9 Å². The van der Waals surface area contributed by atoms with Gasteiger partial charge in [-0.25, -0.2) is 0 Å². The van der Waals surface area contributed by atoms with Gasteiger partial charge >= 0.3 is 0 Å². The average molecular weight is 277 g/mol. The second kappa shape index (κ2) is 7.21. The first-order chi connectivity index (χ1) is 9.58. The summed E-state index contributed by atoms with van der Waals surface area (Å²) in [5.74, 6) is 0. The molecule has 0 amide bonds. The van der Waals surface area contributed by atoms with Gasteiger partial charge < -0.3 is 9.84 Å². The van der Waals surface area contributed by atoms with E-state index in [2.05, 4.69) is 36.1 Å². The Morgan fingerprint density at radius 2 is 2.10 bits per heavy atom. The molecule has 0 aromatic heterocycles. The lowest BCUT2D eigenvalue weighted by atomic mass is 9.99. The highest BCUT2D eigenvalue weighted by atomic mass is 16.5. The first-order valence-corrected chi connectivity index (χ1v) is 7.67. The first kappa shape index (κ1) is 15.5. The molecule has 2 rings (SSSR count). The molecular formula is C17H27NO2. The van der Waals surface area contributed by atoms with Crippen LogP contribution in [0.5, 0.6) is 0 Å². The number of hydrogen-bond acceptors (Lipinski definition) is 3. The summed E-state index contributed by atoms with van der Waals surface area (Å²) in [5.41, 5.74) is 2.75. The van der Waals surface area contributed by atoms with Crippen molar-refractivity contribution in [2.24, 2.45) is 0 Å². The van der Waals surface area contributed by atoms with E-state index in [0.29, 0.717) is 19.2 Å². The molecule has 0 radical (unpaired) electrons. The van der Waals surface area contributed by atoms with E-state index >= 15 is 0 Å². The van der Waals surface area contributed by atoms with Crippen LogP contribution in [0.1, 0.15) is 43.9 Å². The van der Waals surface area contributed by atoms with Crippen molar-refractivity contribution in [3.05, 3.63) is 35.4 Å². The van der Waals surface area contributed by atoms with Gasteiger partial charge in [0.15, 0.2) is 0 Å². The fourth-order valence-electron chi connectivity index (χ4n) is 2.98. The molecule has 1 aromatic rings. The highest BCUT2D eigenvalue weighted by Gasteiger charge is 2.28. The maximum atomic E-state index is 10.1. The number of β-amino-alcohol motifs (C(OH)–C–C–N with tert-alkyl or cyclic N) is 1. The van der Waals surface area contributed by atoms with Gasteiger partial charge in [0.1, 0.15) is 0 Å². The summed E-state index contributed by atoms with van der Waals surface area (Å²) >= 11 is 0. The Labute approximate surface area is 122 Å². The van der Waals surface area contributed by atoms with E-state index in [1.54, 1.807) is 0 Å². The topological polar surface area (TPSA) is 32.7 Å². The van der Waals surface area contributed by atoms with Crippen molar-refractivity contribution in [3.8, 4) is 0 Å². The molecule has 2 atom stereocenters. The molecule has 1 aliphatic heterocycles. The van der Waals surface area contributed by atoms with E-state index in [0.717, 1.165) is 6.54 Å². The van der Waals surface area contributed by atoms with Crippen LogP contribution in [0.2, 0.25) is 0 Å². The lowest BCUT2D eigenvalue weighted by molar-refractivity contribution is -0.0102. The van der Waals surface area contributed by atoms with Gasteiger partial charge in [0.25, 0.3) is 0 Å². The number of nitrogens with zero attached hydrogens (tertiary/aromatic N) is 1. The maximum absolute atomic E-state index is 10.1. The highest BCUT2D eigenvalue weighted by Crippen LogP contribution is 2.33. The third-order valence-electron chi connectivity index (χ3n) is 3.98. The first-order valence-electron chi connectivity index (χ1n) is 7.67. The predicted molar refractivity (Wildman–Crippen MR) is 81.8 cm³/mol. The lowest BCUT2D eigenvalue weighted by Gasteiger charge is -2.28. The molecule has 3 heteroatoms. The Morgan fingerprint density at radius 3 is 2.80 bits per heavy atom. The number of aryl methyl sites for hydroxylation is 1. The van der Waals surface area contributed by atoms with Crippen LogP contribution in [-0.2, 0) is 4.74 Å². The largest absolute Gasteiger partial charge is 0.389 e. The van der Waals surface area contributed by atoms with E-state index in [4.69, 9.17) is 4.74 Å². The Morgan fingerprint density at radius 1 is 1.35 bits per heavy atom. The lowest BCUT2D eigenvalue weighted by Crippen LogP contribution is -2.35. The molecule has 2 unspecified atom stereocenters. The minimum absolute atomic E-state index is 0.176. The van der Waals surface area contributed by atoms with Gasteiger partial charge in [-0.1, -0.05) is 24.3 Å². The van der Waals surface area contributed by atoms with E-state index in [1.807, 2.05) is 13.8 Å². The van der Waals surface area contributed by atoms with Gasteiger partial charge in [-0.2, -0.15) is 0 Å². The summed E-state index contributed by atoms with van der Waals surface area (Å²) in [6.45, 7) is 8.36. The third kappa shape index (κ3) is 4.05. The molecule has 1 aromatic carbocycles. The zero-order valence-corrected chi connectivity index (χ0v) is 12.9. The van der Waals surface area contributed by atoms with Gasteiger partial charge in [-0.15, -0.1) is 0 Å². The summed E-state index contributed by atoms with van der Waals surface area (Å²) in [6, 6.07) is 9.03. The van der Waals surface area contributed by atoms with Crippen LogP contribution < -0.4 is 0 Å². The van der Waals surface area contributed by atoms with Crippen LogP contribution in [0.3, 0.4) is 0 Å². The molecule has 1 aliphatic rings. The van der Waals surface area contributed by atoms with Crippen LogP contribution in [0.4, 0.5) is 0 Å². The summed E-state index contributed by atoms with van der Waals surface area (Å²) in [6.07, 6.45) is 2.16. The number of aliphatic hydroxyl groups excluding tert-OH is 1. The van der Waals surface area contributed by atoms with E-state index < -0.39 is 6.10 Å². The van der Waals surface area contributed by atoms with Gasteiger partial charge in [-0.05, 0) is 51.3 Å². The highest BCUT2D eigenvalue weighted by molar-refractivity contribution is 5.29. The maximum Gasteiger partial charge on any atom is 0.0900 e. The van der Waals surface area contributed by atoms with Gasteiger partial charge in [0, 0.05) is 12.6 Å². The fraction of sp³-hybridized carbons (Fsp3) is 0.647. The van der Waals surface area contributed by atoms with Crippen LogP contribution in [0.15, 0.2) is 24.3 Å². The van der Waals surface area contributed by atoms with Crippen LogP contribution >= 0.6 is 0 Å². The van der Waals surface area contributed by atoms with Crippen molar-refractivity contribution in [1.82, 2.24) is 4.90 Å². The molecule has 1 saturated heterocycles. The van der Waals surface area contributed by atoms with E-state index in [-0.39, 0.29) is 6.10 Å². The number of hydrogen-bond donors (Lipinski definition) is 1. The van der Waals surface area contributed by atoms with Crippen LogP contribution in [0, 0.1) is 6.92 Å². The molecule has 3 nitrogen and oxygen atoms in total. The van der Waals surface area contributed by atoms with Crippen LogP contribution in [-0.4, -0.2) is 41.9 Å². The van der Waals surface area contributed by atoms with Crippen molar-refractivity contribution in [2.75, 3.05) is 19.7 Å². The monoisotopic (exact) mass is 277 g/mol. The molecule has 1 heterocycles. The van der Waals surface area contributed by atoms with E-state index in [9.17, 15) is 5.11 Å². The SMILES string of the molecule is Cc1ccccc1C1CCCN1CC(O)COC(C)C. The second-order valence-corrected chi connectivity index (χ2v) is 6.05. The Kier molecular flexibility index (Phi) is 5.58. The molecule has 0 bridgehead atoms. The third-order valence-corrected chi connectivity index (χ3v) is 3.98. The molecule has 0 spiro atoms. The van der Waals surface area contributed by atoms with Crippen LogP contribution in [0.25, 0.3) is 0 Å². The molecule has 112 valence electrons. The summed E-state index contributed by atoms with van der Waals surface area (Å²) in [5, 5.41) is 10.1. The Balaban J connectivity index is 1.96. The normalized spacial score (nSPS) is 21.6. The summed E-state index contributed by atoms with van der Waals surface area (Å²) < 4.78 is 5.50. The number of benzene rings is 1. The smallest absolute Gasteiger partial charge is 0.0900 e. The second-order valence-electron chi connectivity index (χ2n) is 6.05. The Hall–Kier alpha value is -0.900. The van der Waals surface area contributed by atoms with Crippen molar-refractivity contribution < 1.29 is 9.84 Å². The van der Waals surface area contributed by atoms with E-state index in [1.165, 1.54) is 24.0 Å². The zero-order chi connectivity index (χ0) is 14.5. The standard InChI is InChI=1S/C17H27NO2/c1-13(2)20-12-15(19)11-18-10-6-9-17(18)16-8-5-4-7-14(16)3/h4-5,7-8,13,15,17,19H,6,9-12H2,1-3H3. The average Bonchev–Trinajstić information content (AvgIpc) is 2.85. The molecule has 1 fully saturated rings. The Bertz CT molecular complexity index is 419. The number of rotatable bonds is 6. The number of ether oxygens (including phenoxy) is 1. The van der Waals surface area contributed by atoms with Crippen molar-refractivity contribution in [1.29, 1.82) is 0 Å². The molecule has 0 saturated carbocycles. The van der Waals surface area contributed by atoms with Gasteiger partial charge in [0.05, 0.1) is 18.8 Å². The fourth-order valence-corrected chi connectivity index (χ4v) is 2.98. The quantitative estimate of drug-likeness (QED) is 0.868. The molecule has 20 heavy (non-hydrogen) atoms. The molecule has 0 aliphatic carbocycles. The number of likely N-dealkylation sites (tertiary alicyclic amines) is 1. The summed E-state index contributed by atoms with van der Waals surface area (Å²) in [7, 11) is 0. The predicted octanol–water partition coefficient (Wildman–Crippen LogP) is 2.92. The number of aliphatic hydroxyl groups is 1. The van der Waals surface area contributed by atoms with Crippen molar-refractivity contribution >= 4 is 0 Å². The molecule has 1 N–H and O–H groups in total. The van der Waals surface area contributed by atoms with Gasteiger partial charge in [-0.3, -0.25) is 4.90 Å². The minimum atomic E-state index is -0.401. The zero-order valence-electron chi connectivity index (χ0n) is 12.9. The molecular weight excluding hydrogens is 250 g/mol. The van der Waals surface area contributed by atoms with Gasteiger partial charge in [0.2, 0.25) is 0 Å². The summed E-state index contributed by atoms with van der Waals surface area (Å²) in [4.78, 5) is 2.40. The van der Waals surface area contributed by atoms with Crippen molar-refractivity contribution in [3.63, 3.8) is 0 Å². The minimum Gasteiger partial charge on any atom is -0.389 e.